The summed E-state index contributed by atoms with van der Waals surface area (Å²) in [6.07, 6.45) is 13.5. The van der Waals surface area contributed by atoms with E-state index >= 15 is 0 Å². The van der Waals surface area contributed by atoms with E-state index in [4.69, 9.17) is 0 Å². The molecule has 0 N–H and O–H groups in total. The zero-order valence-corrected chi connectivity index (χ0v) is 7.44. The van der Waals surface area contributed by atoms with Gasteiger partial charge in [0.05, 0.1) is 0 Å². The predicted octanol–water partition coefficient (Wildman–Crippen LogP) is 3.72. The van der Waals surface area contributed by atoms with Crippen LogP contribution in [-0.2, 0) is 0 Å². The van der Waals surface area contributed by atoms with Crippen LogP contribution in [0, 0.1) is 11.8 Å². The van der Waals surface area contributed by atoms with Gasteiger partial charge in [0.2, 0.25) is 0 Å². The van der Waals surface area contributed by atoms with Crippen LogP contribution in [0.5, 0.6) is 0 Å². The molecule has 0 amide bonds. The summed E-state index contributed by atoms with van der Waals surface area (Å²) >= 11 is 0. The lowest BCUT2D eigenvalue weighted by Crippen LogP contribution is -2.19. The van der Waals surface area contributed by atoms with Crippen LogP contribution in [0.15, 0.2) is 0 Å². The minimum Gasteiger partial charge on any atom is -0.0533 e. The van der Waals surface area contributed by atoms with Gasteiger partial charge in [0.1, 0.15) is 0 Å². The van der Waals surface area contributed by atoms with Gasteiger partial charge >= 0.3 is 0 Å². The van der Waals surface area contributed by atoms with Crippen molar-refractivity contribution in [3.8, 4) is 0 Å². The van der Waals surface area contributed by atoms with Crippen LogP contribution < -0.4 is 0 Å². The third-order valence-electron chi connectivity index (χ3n) is 3.43. The molecule has 1 radical (unpaired) electrons. The van der Waals surface area contributed by atoms with Gasteiger partial charge in [0, 0.05) is 0 Å². The first kappa shape index (κ1) is 7.64. The van der Waals surface area contributed by atoms with Crippen LogP contribution in [0.2, 0.25) is 0 Å². The second-order valence-corrected chi connectivity index (χ2v) is 4.20. The summed E-state index contributed by atoms with van der Waals surface area (Å²) in [6, 6.07) is 0. The predicted molar refractivity (Wildman–Crippen MR) is 48.3 cm³/mol. The minimum absolute atomic E-state index is 1.08. The van der Waals surface area contributed by atoms with Crippen LogP contribution >= 0.6 is 0 Å². The summed E-state index contributed by atoms with van der Waals surface area (Å²) in [6.45, 7) is 0. The molecular formula is C11H19. The molecule has 2 fully saturated rings. The summed E-state index contributed by atoms with van der Waals surface area (Å²) in [5.41, 5.74) is 0. The Labute approximate surface area is 70.4 Å². The average molecular weight is 151 g/mol. The van der Waals surface area contributed by atoms with Gasteiger partial charge < -0.3 is 0 Å². The fraction of sp³-hybridized carbons (Fsp3) is 0.909. The third kappa shape index (κ3) is 1.77. The van der Waals surface area contributed by atoms with Gasteiger partial charge in [-0.2, -0.15) is 0 Å². The zero-order chi connectivity index (χ0) is 7.52. The molecule has 63 valence electrons. The van der Waals surface area contributed by atoms with Crippen molar-refractivity contribution in [2.45, 2.75) is 57.8 Å². The molecule has 2 rings (SSSR count). The van der Waals surface area contributed by atoms with Gasteiger partial charge in [-0.25, -0.2) is 0 Å². The molecule has 0 aromatic carbocycles. The molecule has 0 saturated heterocycles. The average Bonchev–Trinajstić information content (AvgIpc) is 2.12. The molecule has 0 bridgehead atoms. The van der Waals surface area contributed by atoms with Crippen molar-refractivity contribution in [3.05, 3.63) is 5.92 Å². The molecule has 0 aliphatic heterocycles. The molecule has 11 heavy (non-hydrogen) atoms. The Morgan fingerprint density at radius 3 is 1.82 bits per heavy atom. The van der Waals surface area contributed by atoms with Gasteiger partial charge in [-0.15, -0.1) is 0 Å². The fourth-order valence-corrected chi connectivity index (χ4v) is 2.41. The van der Waals surface area contributed by atoms with Gasteiger partial charge in [-0.3, -0.25) is 0 Å². The highest BCUT2D eigenvalue weighted by molar-refractivity contribution is 5.00. The van der Waals surface area contributed by atoms with E-state index < -0.39 is 0 Å². The van der Waals surface area contributed by atoms with Crippen LogP contribution in [-0.4, -0.2) is 0 Å². The molecule has 0 nitrogen and oxygen atoms in total. The van der Waals surface area contributed by atoms with Crippen LogP contribution in [0.1, 0.15) is 57.8 Å². The van der Waals surface area contributed by atoms with Crippen molar-refractivity contribution in [2.24, 2.45) is 5.92 Å². The Morgan fingerprint density at radius 1 is 0.727 bits per heavy atom. The lowest BCUT2D eigenvalue weighted by molar-refractivity contribution is 0.306. The maximum absolute atomic E-state index is 1.94. The fourth-order valence-electron chi connectivity index (χ4n) is 2.41. The van der Waals surface area contributed by atoms with E-state index in [1.54, 1.807) is 0 Å². The maximum atomic E-state index is 1.94. The van der Waals surface area contributed by atoms with E-state index in [0.717, 1.165) is 5.92 Å². The molecule has 0 heteroatoms. The van der Waals surface area contributed by atoms with E-state index in [0.29, 0.717) is 0 Å². The quantitative estimate of drug-likeness (QED) is 0.501. The molecule has 0 unspecified atom stereocenters. The van der Waals surface area contributed by atoms with E-state index in [9.17, 15) is 0 Å². The van der Waals surface area contributed by atoms with Crippen LogP contribution in [0.25, 0.3) is 0 Å². The molecule has 2 aliphatic rings. The Hall–Kier alpha value is 0. The molecule has 0 spiro atoms. The topological polar surface area (TPSA) is 0 Å². The van der Waals surface area contributed by atoms with E-state index in [-0.39, 0.29) is 0 Å². The second kappa shape index (κ2) is 3.60. The Kier molecular flexibility index (Phi) is 2.50. The maximum Gasteiger partial charge on any atom is -0.0210 e. The number of rotatable bonds is 1. The largest absolute Gasteiger partial charge is 0.0533 e. The number of hydrogen-bond donors (Lipinski definition) is 0. The zero-order valence-electron chi connectivity index (χ0n) is 7.44. The minimum atomic E-state index is 1.08. The molecule has 0 atom stereocenters. The lowest BCUT2D eigenvalue weighted by Gasteiger charge is -2.32. The normalized spacial score (nSPS) is 29.5. The first-order valence-electron chi connectivity index (χ1n) is 5.31. The van der Waals surface area contributed by atoms with Crippen molar-refractivity contribution in [2.75, 3.05) is 0 Å². The van der Waals surface area contributed by atoms with Crippen molar-refractivity contribution >= 4 is 0 Å². The summed E-state index contributed by atoms with van der Waals surface area (Å²) in [7, 11) is 0. The van der Waals surface area contributed by atoms with Gasteiger partial charge in [0.25, 0.3) is 0 Å². The monoisotopic (exact) mass is 151 g/mol. The van der Waals surface area contributed by atoms with Gasteiger partial charge in [-0.1, -0.05) is 32.1 Å². The molecular weight excluding hydrogens is 132 g/mol. The molecule has 0 aromatic heterocycles. The summed E-state index contributed by atoms with van der Waals surface area (Å²) in [4.78, 5) is 0. The Balaban J connectivity index is 1.80. The van der Waals surface area contributed by atoms with Crippen molar-refractivity contribution < 1.29 is 0 Å². The van der Waals surface area contributed by atoms with Crippen molar-refractivity contribution in [1.82, 2.24) is 0 Å². The first-order valence-corrected chi connectivity index (χ1v) is 5.31. The standard InChI is InChI=1S/C11H19/c1-2-4-7-10(6-3-1)11-8-5-9-11/h11H,1-9H2. The van der Waals surface area contributed by atoms with Gasteiger partial charge in [0.15, 0.2) is 0 Å². The SMILES string of the molecule is C1CCC[C](C2CCC2)CC1. The third-order valence-corrected chi connectivity index (χ3v) is 3.43. The Morgan fingerprint density at radius 2 is 1.36 bits per heavy atom. The Bertz CT molecular complexity index is 105. The smallest absolute Gasteiger partial charge is 0.0210 e. The first-order chi connectivity index (χ1) is 5.47. The summed E-state index contributed by atoms with van der Waals surface area (Å²) < 4.78 is 0. The highest BCUT2D eigenvalue weighted by Gasteiger charge is 2.27. The molecule has 2 saturated carbocycles. The van der Waals surface area contributed by atoms with E-state index in [1.807, 2.05) is 5.92 Å². The van der Waals surface area contributed by atoms with Crippen molar-refractivity contribution in [3.63, 3.8) is 0 Å². The van der Waals surface area contributed by atoms with Crippen molar-refractivity contribution in [1.29, 1.82) is 0 Å². The second-order valence-electron chi connectivity index (χ2n) is 4.20. The van der Waals surface area contributed by atoms with Gasteiger partial charge in [-0.05, 0) is 37.5 Å². The van der Waals surface area contributed by atoms with Crippen LogP contribution in [0.3, 0.4) is 0 Å². The molecule has 2 aliphatic carbocycles. The van der Waals surface area contributed by atoms with Crippen LogP contribution in [0.4, 0.5) is 0 Å². The van der Waals surface area contributed by atoms with E-state index in [1.165, 1.54) is 57.8 Å². The lowest BCUT2D eigenvalue weighted by atomic mass is 9.73. The highest BCUT2D eigenvalue weighted by Crippen LogP contribution is 2.41. The highest BCUT2D eigenvalue weighted by atomic mass is 14.3. The summed E-state index contributed by atoms with van der Waals surface area (Å²) in [5, 5.41) is 0. The number of hydrogen-bond acceptors (Lipinski definition) is 0. The summed E-state index contributed by atoms with van der Waals surface area (Å²) in [5.74, 6) is 3.02. The molecule has 0 heterocycles. The molecule has 0 aromatic rings. The van der Waals surface area contributed by atoms with E-state index in [2.05, 4.69) is 0 Å².